The summed E-state index contributed by atoms with van der Waals surface area (Å²) >= 11 is 0. The fourth-order valence-electron chi connectivity index (χ4n) is 0.919. The van der Waals surface area contributed by atoms with Gasteiger partial charge in [0.2, 0.25) is 11.5 Å². The van der Waals surface area contributed by atoms with Crippen LogP contribution in [0.5, 0.6) is 23.0 Å². The van der Waals surface area contributed by atoms with Crippen molar-refractivity contribution in [3.63, 3.8) is 0 Å². The number of phenols is 2. The maximum absolute atomic E-state index is 9.15. The highest BCUT2D eigenvalue weighted by Gasteiger charge is 2.30. The summed E-state index contributed by atoms with van der Waals surface area (Å²) in [5.41, 5.74) is 0.633. The van der Waals surface area contributed by atoms with E-state index in [4.69, 9.17) is 14.9 Å². The van der Waals surface area contributed by atoms with E-state index in [2.05, 4.69) is 0 Å². The second-order valence-corrected chi connectivity index (χ2v) is 2.32. The third-order valence-corrected chi connectivity index (χ3v) is 1.54. The molecule has 10 heavy (non-hydrogen) atoms. The van der Waals surface area contributed by atoms with Gasteiger partial charge < -0.3 is 14.9 Å². The summed E-state index contributed by atoms with van der Waals surface area (Å²) < 4.78 is 4.78. The van der Waals surface area contributed by atoms with Crippen molar-refractivity contribution in [3.8, 4) is 23.0 Å². The lowest BCUT2D eigenvalue weighted by Crippen LogP contribution is -1.67. The zero-order valence-electron chi connectivity index (χ0n) is 5.38. The van der Waals surface area contributed by atoms with Gasteiger partial charge in [0.05, 0.1) is 0 Å². The van der Waals surface area contributed by atoms with Crippen molar-refractivity contribution in [1.29, 1.82) is 0 Å². The highest BCUT2D eigenvalue weighted by atomic mass is 16.6. The van der Waals surface area contributed by atoms with Crippen LogP contribution in [0.3, 0.4) is 0 Å². The molecule has 2 N–H and O–H groups in total. The summed E-state index contributed by atoms with van der Waals surface area (Å²) in [5.74, 6) is 1.05. The molecule has 0 saturated carbocycles. The van der Waals surface area contributed by atoms with Crippen LogP contribution in [0.4, 0.5) is 0 Å². The molecule has 3 heteroatoms. The summed E-state index contributed by atoms with van der Waals surface area (Å²) in [6, 6.07) is 1.47. The molecule has 0 bridgehead atoms. The van der Waals surface area contributed by atoms with Crippen LogP contribution in [0.25, 0.3) is 0 Å². The normalized spacial score (nSPS) is 12.1. The van der Waals surface area contributed by atoms with Gasteiger partial charge in [-0.15, -0.1) is 0 Å². The molecule has 1 heterocycles. The first kappa shape index (κ1) is 5.41. The zero-order chi connectivity index (χ0) is 7.30. The maximum atomic E-state index is 9.15. The summed E-state index contributed by atoms with van der Waals surface area (Å²) in [4.78, 5) is 0. The van der Waals surface area contributed by atoms with Crippen LogP contribution in [0.15, 0.2) is 6.07 Å². The molecule has 1 aliphatic rings. The van der Waals surface area contributed by atoms with E-state index in [0.29, 0.717) is 17.1 Å². The Bertz CT molecular complexity index is 300. The predicted octanol–water partition coefficient (Wildman–Crippen LogP) is 1.51. The number of hydrogen-bond acceptors (Lipinski definition) is 3. The van der Waals surface area contributed by atoms with Crippen molar-refractivity contribution in [3.05, 3.63) is 11.6 Å². The van der Waals surface area contributed by atoms with Crippen molar-refractivity contribution in [2.24, 2.45) is 0 Å². The number of aromatic hydroxyl groups is 2. The first-order chi connectivity index (χ1) is 4.70. The third kappa shape index (κ3) is 0.492. The Balaban J connectivity index is 2.71. The maximum Gasteiger partial charge on any atom is 0.216 e. The number of benzene rings is 1. The smallest absolute Gasteiger partial charge is 0.216 e. The summed E-state index contributed by atoms with van der Waals surface area (Å²) in [7, 11) is 0. The first-order valence-corrected chi connectivity index (χ1v) is 2.93. The Morgan fingerprint density at radius 3 is 2.70 bits per heavy atom. The quantitative estimate of drug-likeness (QED) is 0.428. The molecule has 0 spiro atoms. The van der Waals surface area contributed by atoms with Gasteiger partial charge in [0.25, 0.3) is 0 Å². The minimum Gasteiger partial charge on any atom is -0.504 e. The molecule has 0 aromatic heterocycles. The molecule has 0 radical (unpaired) electrons. The van der Waals surface area contributed by atoms with Gasteiger partial charge in [-0.25, -0.2) is 0 Å². The van der Waals surface area contributed by atoms with Crippen molar-refractivity contribution in [2.75, 3.05) is 0 Å². The number of ether oxygens (including phenoxy) is 1. The molecule has 1 aromatic rings. The van der Waals surface area contributed by atoms with Crippen LogP contribution >= 0.6 is 0 Å². The molecular weight excluding hydrogens is 132 g/mol. The van der Waals surface area contributed by atoms with Crippen molar-refractivity contribution < 1.29 is 14.9 Å². The van der Waals surface area contributed by atoms with E-state index >= 15 is 0 Å². The average Bonchev–Trinajstić information content (AvgIpc) is 2.61. The molecule has 0 atom stereocenters. The lowest BCUT2D eigenvalue weighted by atomic mass is 10.2. The van der Waals surface area contributed by atoms with E-state index in [1.165, 1.54) is 6.07 Å². The van der Waals surface area contributed by atoms with Gasteiger partial charge in [0, 0.05) is 0 Å². The summed E-state index contributed by atoms with van der Waals surface area (Å²) in [6.45, 7) is 1.71. The van der Waals surface area contributed by atoms with E-state index in [1.54, 1.807) is 6.92 Å². The van der Waals surface area contributed by atoms with E-state index < -0.39 is 0 Å². The summed E-state index contributed by atoms with van der Waals surface area (Å²) in [5, 5.41) is 18.2. The lowest BCUT2D eigenvalue weighted by molar-refractivity contribution is 0.459. The van der Waals surface area contributed by atoms with E-state index in [-0.39, 0.29) is 11.5 Å². The second-order valence-electron chi connectivity index (χ2n) is 2.32. The molecular formula is C7H6O3. The van der Waals surface area contributed by atoms with Gasteiger partial charge in [-0.3, -0.25) is 0 Å². The van der Waals surface area contributed by atoms with Gasteiger partial charge in [-0.05, 0) is 18.6 Å². The van der Waals surface area contributed by atoms with Gasteiger partial charge in [0.1, 0.15) is 0 Å². The predicted molar refractivity (Wildman–Crippen MR) is 34.6 cm³/mol. The van der Waals surface area contributed by atoms with Gasteiger partial charge in [0.15, 0.2) is 11.5 Å². The minimum absolute atomic E-state index is 0.102. The monoisotopic (exact) mass is 138 g/mol. The van der Waals surface area contributed by atoms with E-state index in [9.17, 15) is 0 Å². The number of rotatable bonds is 0. The van der Waals surface area contributed by atoms with Gasteiger partial charge in [-0.1, -0.05) is 0 Å². The molecule has 0 amide bonds. The van der Waals surface area contributed by atoms with Crippen LogP contribution in [0, 0.1) is 6.92 Å². The van der Waals surface area contributed by atoms with Crippen molar-refractivity contribution in [2.45, 2.75) is 6.92 Å². The fourth-order valence-corrected chi connectivity index (χ4v) is 0.919. The van der Waals surface area contributed by atoms with Gasteiger partial charge >= 0.3 is 0 Å². The van der Waals surface area contributed by atoms with Crippen LogP contribution < -0.4 is 4.74 Å². The number of aryl methyl sites for hydroxylation is 1. The molecule has 52 valence electrons. The number of fused-ring (bicyclic) bond motifs is 1. The topological polar surface area (TPSA) is 53.0 Å². The largest absolute Gasteiger partial charge is 0.504 e. The van der Waals surface area contributed by atoms with E-state index in [1.807, 2.05) is 0 Å². The minimum atomic E-state index is 0.102. The Hall–Kier alpha value is -1.38. The molecule has 0 fully saturated rings. The van der Waals surface area contributed by atoms with Crippen molar-refractivity contribution in [1.82, 2.24) is 0 Å². The van der Waals surface area contributed by atoms with Crippen molar-refractivity contribution >= 4 is 0 Å². The molecule has 1 aromatic carbocycles. The molecule has 2 rings (SSSR count). The highest BCUT2D eigenvalue weighted by molar-refractivity contribution is 5.71. The van der Waals surface area contributed by atoms with Crippen LogP contribution in [0.1, 0.15) is 5.56 Å². The molecule has 0 saturated heterocycles. The zero-order valence-corrected chi connectivity index (χ0v) is 5.38. The average molecular weight is 138 g/mol. The molecule has 0 unspecified atom stereocenters. The Kier molecular flexibility index (Phi) is 0.740. The molecule has 1 aliphatic heterocycles. The Labute approximate surface area is 57.5 Å². The SMILES string of the molecule is Cc1cc(O)c2c(c1O)O2. The van der Waals surface area contributed by atoms with Gasteiger partial charge in [-0.2, -0.15) is 0 Å². The lowest BCUT2D eigenvalue weighted by Gasteiger charge is -1.91. The Morgan fingerprint density at radius 1 is 1.30 bits per heavy atom. The van der Waals surface area contributed by atoms with Crippen LogP contribution in [-0.4, -0.2) is 10.2 Å². The number of phenolic OH excluding ortho intramolecular Hbond substituents is 2. The van der Waals surface area contributed by atoms with Crippen LogP contribution in [-0.2, 0) is 0 Å². The standard InChI is InChI=1S/C7H6O3/c1-3-2-4(8)6-7(10-6)5(3)9/h2,8-9H,1H3. The third-order valence-electron chi connectivity index (χ3n) is 1.54. The molecule has 3 nitrogen and oxygen atoms in total. The first-order valence-electron chi connectivity index (χ1n) is 2.93. The van der Waals surface area contributed by atoms with E-state index in [0.717, 1.165) is 0 Å². The van der Waals surface area contributed by atoms with Crippen LogP contribution in [0.2, 0.25) is 0 Å². The Morgan fingerprint density at radius 2 is 2.00 bits per heavy atom. The highest BCUT2D eigenvalue weighted by Crippen LogP contribution is 2.58. The molecule has 0 aliphatic carbocycles. The number of hydrogen-bond donors (Lipinski definition) is 2. The fraction of sp³-hybridized carbons (Fsp3) is 0.143. The second kappa shape index (κ2) is 1.37. The summed E-state index contributed by atoms with van der Waals surface area (Å²) in [6.07, 6.45) is 0.